The van der Waals surface area contributed by atoms with Crippen LogP contribution in [-0.2, 0) is 6.61 Å². The molecule has 1 heterocycles. The monoisotopic (exact) mass is 438 g/mol. The van der Waals surface area contributed by atoms with E-state index in [4.69, 9.17) is 21.3 Å². The van der Waals surface area contributed by atoms with Crippen molar-refractivity contribution in [2.45, 2.75) is 6.61 Å². The van der Waals surface area contributed by atoms with Gasteiger partial charge in [0.05, 0.1) is 16.6 Å². The molecule has 0 fully saturated rings. The van der Waals surface area contributed by atoms with Gasteiger partial charge in [-0.1, -0.05) is 72.3 Å². The van der Waals surface area contributed by atoms with Crippen LogP contribution in [0.2, 0.25) is 5.02 Å². The third-order valence-electron chi connectivity index (χ3n) is 5.25. The van der Waals surface area contributed by atoms with Crippen molar-refractivity contribution in [3.63, 3.8) is 0 Å². The summed E-state index contributed by atoms with van der Waals surface area (Å²) >= 11 is 6.21. The van der Waals surface area contributed by atoms with E-state index in [1.165, 1.54) is 0 Å². The molecule has 32 heavy (non-hydrogen) atoms. The van der Waals surface area contributed by atoms with Crippen LogP contribution in [0.1, 0.15) is 5.56 Å². The van der Waals surface area contributed by atoms with E-state index >= 15 is 0 Å². The number of ether oxygens (including phenoxy) is 1. The summed E-state index contributed by atoms with van der Waals surface area (Å²) in [6.45, 7) is 0.367. The third kappa shape index (κ3) is 3.88. The number of aromatic nitrogens is 2. The van der Waals surface area contributed by atoms with Crippen molar-refractivity contribution in [3.8, 4) is 22.8 Å². The Hall–Kier alpha value is -3.89. The van der Waals surface area contributed by atoms with E-state index in [9.17, 15) is 4.79 Å². The summed E-state index contributed by atoms with van der Waals surface area (Å²) in [5, 5.41) is 1.25. The smallest absolute Gasteiger partial charge is 0.266 e. The highest BCUT2D eigenvalue weighted by molar-refractivity contribution is 6.31. The molecule has 0 aliphatic carbocycles. The lowest BCUT2D eigenvalue weighted by atomic mass is 10.1. The van der Waals surface area contributed by atoms with Gasteiger partial charge in [0, 0.05) is 16.1 Å². The summed E-state index contributed by atoms with van der Waals surface area (Å²) in [5.74, 6) is 1.29. The maximum atomic E-state index is 13.4. The molecular formula is C27H19ClN2O2. The highest BCUT2D eigenvalue weighted by atomic mass is 35.5. The van der Waals surface area contributed by atoms with Gasteiger partial charge >= 0.3 is 0 Å². The van der Waals surface area contributed by atoms with Gasteiger partial charge in [-0.2, -0.15) is 0 Å². The van der Waals surface area contributed by atoms with Crippen LogP contribution in [0.4, 0.5) is 0 Å². The first-order valence-corrected chi connectivity index (χ1v) is 10.6. The van der Waals surface area contributed by atoms with Crippen LogP contribution in [0, 0.1) is 0 Å². The lowest BCUT2D eigenvalue weighted by Gasteiger charge is -2.15. The van der Waals surface area contributed by atoms with Crippen LogP contribution in [0.3, 0.4) is 0 Å². The molecule has 0 saturated heterocycles. The highest BCUT2D eigenvalue weighted by Gasteiger charge is 2.14. The number of halogens is 1. The Bertz CT molecular complexity index is 1440. The second-order valence-corrected chi connectivity index (χ2v) is 7.74. The largest absolute Gasteiger partial charge is 0.489 e. The van der Waals surface area contributed by atoms with Crippen LogP contribution < -0.4 is 10.3 Å². The number of fused-ring (bicyclic) bond motifs is 1. The number of rotatable bonds is 5. The second-order valence-electron chi connectivity index (χ2n) is 7.33. The molecule has 156 valence electrons. The fourth-order valence-electron chi connectivity index (χ4n) is 3.62. The first-order valence-electron chi connectivity index (χ1n) is 10.2. The van der Waals surface area contributed by atoms with Crippen LogP contribution in [-0.4, -0.2) is 9.55 Å². The summed E-state index contributed by atoms with van der Waals surface area (Å²) in [6, 6.07) is 32.1. The minimum absolute atomic E-state index is 0.112. The van der Waals surface area contributed by atoms with Crippen LogP contribution in [0.15, 0.2) is 108 Å². The molecule has 1 aromatic heterocycles. The van der Waals surface area contributed by atoms with Crippen molar-refractivity contribution < 1.29 is 4.74 Å². The van der Waals surface area contributed by atoms with Crippen molar-refractivity contribution in [2.75, 3.05) is 0 Å². The highest BCUT2D eigenvalue weighted by Crippen LogP contribution is 2.24. The van der Waals surface area contributed by atoms with E-state index in [-0.39, 0.29) is 5.56 Å². The maximum absolute atomic E-state index is 13.4. The minimum Gasteiger partial charge on any atom is -0.489 e. The van der Waals surface area contributed by atoms with E-state index in [0.717, 1.165) is 16.8 Å². The van der Waals surface area contributed by atoms with E-state index in [0.29, 0.717) is 34.1 Å². The molecule has 0 saturated carbocycles. The Morgan fingerprint density at radius 3 is 2.25 bits per heavy atom. The molecule has 0 aliphatic heterocycles. The minimum atomic E-state index is -0.112. The molecule has 0 spiro atoms. The maximum Gasteiger partial charge on any atom is 0.266 e. The molecule has 5 heteroatoms. The van der Waals surface area contributed by atoms with Crippen molar-refractivity contribution in [1.82, 2.24) is 9.55 Å². The van der Waals surface area contributed by atoms with Crippen molar-refractivity contribution in [3.05, 3.63) is 124 Å². The standard InChI is InChI=1S/C27H19ClN2O2/c28-24-12-6-4-10-20(24)18-32-22-16-14-21(15-17-22)30-26(19-8-2-1-3-9-19)29-25-13-7-5-11-23(25)27(30)31/h1-17H,18H2. The van der Waals surface area contributed by atoms with Gasteiger partial charge in [-0.3, -0.25) is 9.36 Å². The van der Waals surface area contributed by atoms with E-state index in [1.54, 1.807) is 10.6 Å². The van der Waals surface area contributed by atoms with Gasteiger partial charge in [0.15, 0.2) is 0 Å². The van der Waals surface area contributed by atoms with E-state index < -0.39 is 0 Å². The van der Waals surface area contributed by atoms with Gasteiger partial charge < -0.3 is 4.74 Å². The van der Waals surface area contributed by atoms with Gasteiger partial charge in [-0.05, 0) is 42.5 Å². The molecule has 5 rings (SSSR count). The van der Waals surface area contributed by atoms with Gasteiger partial charge in [-0.15, -0.1) is 0 Å². The van der Waals surface area contributed by atoms with E-state index in [2.05, 4.69) is 0 Å². The van der Waals surface area contributed by atoms with E-state index in [1.807, 2.05) is 97.1 Å². The zero-order valence-corrected chi connectivity index (χ0v) is 17.9. The SMILES string of the molecule is O=c1c2ccccc2nc(-c2ccccc2)n1-c1ccc(OCc2ccccc2Cl)cc1. The Morgan fingerprint density at radius 1 is 0.781 bits per heavy atom. The predicted molar refractivity (Wildman–Crippen MR) is 129 cm³/mol. The number of hydrogen-bond donors (Lipinski definition) is 0. The molecule has 0 aliphatic rings. The summed E-state index contributed by atoms with van der Waals surface area (Å²) in [7, 11) is 0. The zero-order chi connectivity index (χ0) is 21.9. The first-order chi connectivity index (χ1) is 15.7. The number of benzene rings is 4. The summed E-state index contributed by atoms with van der Waals surface area (Å²) in [4.78, 5) is 18.2. The predicted octanol–water partition coefficient (Wildman–Crippen LogP) is 6.29. The summed E-state index contributed by atoms with van der Waals surface area (Å²) in [5.41, 5.74) is 3.07. The Kier molecular flexibility index (Phi) is 5.44. The van der Waals surface area contributed by atoms with Crippen molar-refractivity contribution in [2.24, 2.45) is 0 Å². The lowest BCUT2D eigenvalue weighted by molar-refractivity contribution is 0.306. The van der Waals surface area contributed by atoms with Crippen LogP contribution in [0.5, 0.6) is 5.75 Å². The quantitative estimate of drug-likeness (QED) is 0.324. The fourth-order valence-corrected chi connectivity index (χ4v) is 3.81. The number of para-hydroxylation sites is 1. The van der Waals surface area contributed by atoms with Crippen molar-refractivity contribution in [1.29, 1.82) is 0 Å². The normalized spacial score (nSPS) is 10.9. The van der Waals surface area contributed by atoms with Gasteiger partial charge in [0.1, 0.15) is 18.2 Å². The molecule has 0 amide bonds. The van der Waals surface area contributed by atoms with Crippen LogP contribution >= 0.6 is 11.6 Å². The molecule has 0 atom stereocenters. The molecular weight excluding hydrogens is 420 g/mol. The second kappa shape index (κ2) is 8.69. The molecule has 0 unspecified atom stereocenters. The zero-order valence-electron chi connectivity index (χ0n) is 17.1. The number of hydrogen-bond acceptors (Lipinski definition) is 3. The van der Waals surface area contributed by atoms with Gasteiger partial charge in [0.25, 0.3) is 5.56 Å². The van der Waals surface area contributed by atoms with Crippen LogP contribution in [0.25, 0.3) is 28.0 Å². The molecule has 0 N–H and O–H groups in total. The molecule has 0 bridgehead atoms. The van der Waals surface area contributed by atoms with Crippen molar-refractivity contribution >= 4 is 22.5 Å². The average molecular weight is 439 g/mol. The van der Waals surface area contributed by atoms with Gasteiger partial charge in [-0.25, -0.2) is 4.98 Å². The first kappa shape index (κ1) is 20.0. The fraction of sp³-hybridized carbons (Fsp3) is 0.0370. The Morgan fingerprint density at radius 2 is 1.47 bits per heavy atom. The molecule has 4 nitrogen and oxygen atoms in total. The molecule has 4 aromatic carbocycles. The topological polar surface area (TPSA) is 44.1 Å². The summed E-state index contributed by atoms with van der Waals surface area (Å²) < 4.78 is 7.54. The lowest BCUT2D eigenvalue weighted by Crippen LogP contribution is -2.21. The Labute approximate surface area is 190 Å². The number of nitrogens with zero attached hydrogens (tertiary/aromatic N) is 2. The molecule has 0 radical (unpaired) electrons. The van der Waals surface area contributed by atoms with Gasteiger partial charge in [0.2, 0.25) is 0 Å². The molecule has 5 aromatic rings. The Balaban J connectivity index is 1.55. The summed E-state index contributed by atoms with van der Waals surface area (Å²) in [6.07, 6.45) is 0. The third-order valence-corrected chi connectivity index (χ3v) is 5.62. The average Bonchev–Trinajstić information content (AvgIpc) is 2.84.